The van der Waals surface area contributed by atoms with Crippen LogP contribution >= 0.6 is 0 Å². The molecule has 0 spiro atoms. The minimum absolute atomic E-state index is 0.771. The van der Waals surface area contributed by atoms with Gasteiger partial charge in [0.1, 0.15) is 0 Å². The van der Waals surface area contributed by atoms with Gasteiger partial charge in [0.05, 0.1) is 0 Å². The van der Waals surface area contributed by atoms with Crippen LogP contribution in [0.2, 0.25) is 25.7 Å². The largest absolute Gasteiger partial charge is 0.103 e. The first-order valence-corrected chi connectivity index (χ1v) is 14.9. The molecule has 144 valence electrons. The number of allylic oxidation sites excluding steroid dienone is 1. The summed E-state index contributed by atoms with van der Waals surface area (Å²) in [5.41, 5.74) is 0. The Labute approximate surface area is 155 Å². The fourth-order valence-corrected chi connectivity index (χ4v) is 4.73. The molecule has 0 aromatic heterocycles. The van der Waals surface area contributed by atoms with Gasteiger partial charge >= 0.3 is 0 Å². The Morgan fingerprint density at radius 3 is 1.08 bits per heavy atom. The molecule has 0 saturated carbocycles. The van der Waals surface area contributed by atoms with Crippen LogP contribution in [0, 0.1) is 0 Å². The van der Waals surface area contributed by atoms with Crippen LogP contribution in [0.4, 0.5) is 0 Å². The monoisotopic (exact) mass is 352 g/mol. The molecule has 0 bridgehead atoms. The summed E-state index contributed by atoms with van der Waals surface area (Å²) in [6.07, 6.45) is 26.7. The third kappa shape index (κ3) is 22.0. The van der Waals surface area contributed by atoms with E-state index in [9.17, 15) is 0 Å². The standard InChI is InChI=1S/C23H48Si/c1-5-6-7-8-9-10-11-12-13-14-15-16-17-18-19-20-21-22-23-24(2,3)4/h5H,1,6-23H2,2-4H3. The quantitative estimate of drug-likeness (QED) is 0.123. The summed E-state index contributed by atoms with van der Waals surface area (Å²) in [4.78, 5) is 0. The molecular formula is C23H48Si. The molecule has 0 N–H and O–H groups in total. The minimum Gasteiger partial charge on any atom is -0.103 e. The Morgan fingerprint density at radius 1 is 0.500 bits per heavy atom. The first-order valence-electron chi connectivity index (χ1n) is 11.2. The van der Waals surface area contributed by atoms with Gasteiger partial charge in [0, 0.05) is 8.07 Å². The molecule has 24 heavy (non-hydrogen) atoms. The van der Waals surface area contributed by atoms with E-state index in [-0.39, 0.29) is 0 Å². The second-order valence-electron chi connectivity index (χ2n) is 9.04. The zero-order chi connectivity index (χ0) is 17.9. The van der Waals surface area contributed by atoms with E-state index >= 15 is 0 Å². The van der Waals surface area contributed by atoms with Crippen molar-refractivity contribution in [2.45, 2.75) is 135 Å². The zero-order valence-electron chi connectivity index (χ0n) is 17.5. The molecule has 0 radical (unpaired) electrons. The SMILES string of the molecule is C=CCCCCCCCCCCCCCCCCCC[Si](C)(C)C. The van der Waals surface area contributed by atoms with Crippen LogP contribution in [-0.2, 0) is 0 Å². The average molecular weight is 353 g/mol. The molecule has 0 saturated heterocycles. The normalized spacial score (nSPS) is 11.8. The molecule has 0 unspecified atom stereocenters. The summed E-state index contributed by atoms with van der Waals surface area (Å²) in [5, 5.41) is 0. The molecule has 0 aliphatic carbocycles. The maximum Gasteiger partial charge on any atom is 0.0442 e. The second kappa shape index (κ2) is 17.8. The van der Waals surface area contributed by atoms with Crippen LogP contribution in [0.3, 0.4) is 0 Å². The van der Waals surface area contributed by atoms with E-state index in [2.05, 4.69) is 32.3 Å². The lowest BCUT2D eigenvalue weighted by atomic mass is 10.0. The Bertz CT molecular complexity index is 251. The van der Waals surface area contributed by atoms with Gasteiger partial charge in [-0.3, -0.25) is 0 Å². The van der Waals surface area contributed by atoms with Crippen molar-refractivity contribution in [3.63, 3.8) is 0 Å². The van der Waals surface area contributed by atoms with Crippen molar-refractivity contribution in [2.75, 3.05) is 0 Å². The van der Waals surface area contributed by atoms with Crippen molar-refractivity contribution in [3.05, 3.63) is 12.7 Å². The predicted octanol–water partition coefficient (Wildman–Crippen LogP) is 9.14. The summed E-state index contributed by atoms with van der Waals surface area (Å²) in [7, 11) is -0.771. The van der Waals surface area contributed by atoms with E-state index < -0.39 is 8.07 Å². The van der Waals surface area contributed by atoms with Crippen LogP contribution in [0.15, 0.2) is 12.7 Å². The van der Waals surface area contributed by atoms with Crippen molar-refractivity contribution in [3.8, 4) is 0 Å². The van der Waals surface area contributed by atoms with Crippen molar-refractivity contribution in [2.24, 2.45) is 0 Å². The Balaban J connectivity index is 3.01. The topological polar surface area (TPSA) is 0 Å². The molecular weight excluding hydrogens is 304 g/mol. The molecule has 0 rings (SSSR count). The highest BCUT2D eigenvalue weighted by atomic mass is 28.3. The maximum atomic E-state index is 3.78. The lowest BCUT2D eigenvalue weighted by molar-refractivity contribution is 0.530. The van der Waals surface area contributed by atoms with E-state index in [4.69, 9.17) is 0 Å². The van der Waals surface area contributed by atoms with Crippen LogP contribution in [0.5, 0.6) is 0 Å². The van der Waals surface area contributed by atoms with Crippen LogP contribution in [-0.4, -0.2) is 8.07 Å². The van der Waals surface area contributed by atoms with Gasteiger partial charge in [-0.25, -0.2) is 0 Å². The van der Waals surface area contributed by atoms with Gasteiger partial charge in [0.15, 0.2) is 0 Å². The highest BCUT2D eigenvalue weighted by molar-refractivity contribution is 6.76. The highest BCUT2D eigenvalue weighted by Crippen LogP contribution is 2.17. The van der Waals surface area contributed by atoms with Gasteiger partial charge in [-0.2, -0.15) is 0 Å². The molecule has 0 atom stereocenters. The number of rotatable bonds is 19. The van der Waals surface area contributed by atoms with E-state index in [0.29, 0.717) is 0 Å². The van der Waals surface area contributed by atoms with Crippen LogP contribution < -0.4 is 0 Å². The average Bonchev–Trinajstić information content (AvgIpc) is 2.52. The fourth-order valence-electron chi connectivity index (χ4n) is 3.42. The lowest BCUT2D eigenvalue weighted by Crippen LogP contribution is -2.18. The molecule has 0 aromatic rings. The van der Waals surface area contributed by atoms with E-state index in [1.54, 1.807) is 0 Å². The van der Waals surface area contributed by atoms with Crippen LogP contribution in [0.25, 0.3) is 0 Å². The molecule has 0 aliphatic heterocycles. The first-order chi connectivity index (χ1) is 11.6. The molecule has 0 heterocycles. The molecule has 1 heteroatoms. The zero-order valence-corrected chi connectivity index (χ0v) is 18.5. The molecule has 0 aromatic carbocycles. The van der Waals surface area contributed by atoms with Gasteiger partial charge in [-0.15, -0.1) is 6.58 Å². The molecule has 0 aliphatic rings. The Hall–Kier alpha value is -0.0431. The van der Waals surface area contributed by atoms with Crippen LogP contribution in [0.1, 0.15) is 109 Å². The van der Waals surface area contributed by atoms with Crippen molar-refractivity contribution in [1.29, 1.82) is 0 Å². The highest BCUT2D eigenvalue weighted by Gasteiger charge is 2.11. The summed E-state index contributed by atoms with van der Waals surface area (Å²) in [5.74, 6) is 0. The van der Waals surface area contributed by atoms with Crippen molar-refractivity contribution >= 4 is 8.07 Å². The molecule has 0 fully saturated rings. The number of unbranched alkanes of at least 4 members (excludes halogenated alkanes) is 16. The van der Waals surface area contributed by atoms with Gasteiger partial charge in [0.2, 0.25) is 0 Å². The third-order valence-corrected chi connectivity index (χ3v) is 6.94. The second-order valence-corrected chi connectivity index (χ2v) is 14.7. The lowest BCUT2D eigenvalue weighted by Gasteiger charge is -2.14. The third-order valence-electron chi connectivity index (χ3n) is 5.09. The van der Waals surface area contributed by atoms with E-state index in [1.807, 2.05) is 0 Å². The van der Waals surface area contributed by atoms with E-state index in [1.165, 1.54) is 115 Å². The minimum atomic E-state index is -0.771. The molecule has 0 amide bonds. The fraction of sp³-hybridized carbons (Fsp3) is 0.913. The molecule has 0 nitrogen and oxygen atoms in total. The van der Waals surface area contributed by atoms with Crippen molar-refractivity contribution < 1.29 is 0 Å². The Morgan fingerprint density at radius 2 is 0.792 bits per heavy atom. The van der Waals surface area contributed by atoms with Gasteiger partial charge in [0.25, 0.3) is 0 Å². The van der Waals surface area contributed by atoms with Gasteiger partial charge < -0.3 is 0 Å². The Kier molecular flexibility index (Phi) is 17.7. The maximum absolute atomic E-state index is 3.78. The smallest absolute Gasteiger partial charge is 0.0442 e. The first kappa shape index (κ1) is 24.0. The van der Waals surface area contributed by atoms with Crippen molar-refractivity contribution in [1.82, 2.24) is 0 Å². The van der Waals surface area contributed by atoms with Gasteiger partial charge in [-0.05, 0) is 12.8 Å². The summed E-state index contributed by atoms with van der Waals surface area (Å²) < 4.78 is 0. The summed E-state index contributed by atoms with van der Waals surface area (Å²) in [6.45, 7) is 11.3. The summed E-state index contributed by atoms with van der Waals surface area (Å²) in [6, 6.07) is 1.53. The van der Waals surface area contributed by atoms with Gasteiger partial charge in [-0.1, -0.05) is 128 Å². The van der Waals surface area contributed by atoms with E-state index in [0.717, 1.165) is 0 Å². The number of hydrogen-bond acceptors (Lipinski definition) is 0. The summed E-state index contributed by atoms with van der Waals surface area (Å²) >= 11 is 0. The predicted molar refractivity (Wildman–Crippen MR) is 117 cm³/mol. The number of hydrogen-bond donors (Lipinski definition) is 0.